The minimum absolute atomic E-state index is 0.0802. The molecule has 110 valence electrons. The van der Waals surface area contributed by atoms with Gasteiger partial charge in [-0.05, 0) is 49.6 Å². The summed E-state index contributed by atoms with van der Waals surface area (Å²) < 4.78 is 26.7. The summed E-state index contributed by atoms with van der Waals surface area (Å²) in [5.74, 6) is -1.41. The van der Waals surface area contributed by atoms with Crippen molar-refractivity contribution in [2.75, 3.05) is 13.1 Å². The fraction of sp³-hybridized carbons (Fsp3) is 0.533. The smallest absolute Gasteiger partial charge is 0.223 e. The van der Waals surface area contributed by atoms with Gasteiger partial charge in [-0.15, -0.1) is 0 Å². The van der Waals surface area contributed by atoms with Crippen LogP contribution in [0.25, 0.3) is 0 Å². The Morgan fingerprint density at radius 1 is 1.45 bits per heavy atom. The van der Waals surface area contributed by atoms with E-state index in [9.17, 15) is 13.6 Å². The van der Waals surface area contributed by atoms with Crippen LogP contribution in [0.3, 0.4) is 0 Å². The van der Waals surface area contributed by atoms with Gasteiger partial charge in [0.05, 0.1) is 0 Å². The SMILES string of the molecule is CCN[C@H](C)CNC(=O)C1CC1c1cc(F)ccc1F. The van der Waals surface area contributed by atoms with E-state index in [1.807, 2.05) is 13.8 Å². The zero-order valence-corrected chi connectivity index (χ0v) is 11.7. The molecule has 0 heterocycles. The molecular formula is C15H20F2N2O. The van der Waals surface area contributed by atoms with Crippen molar-refractivity contribution in [3.8, 4) is 0 Å². The maximum absolute atomic E-state index is 13.6. The van der Waals surface area contributed by atoms with Crippen molar-refractivity contribution in [2.45, 2.75) is 32.2 Å². The molecule has 1 aromatic rings. The van der Waals surface area contributed by atoms with Gasteiger partial charge in [0, 0.05) is 18.5 Å². The second-order valence-corrected chi connectivity index (χ2v) is 5.32. The van der Waals surface area contributed by atoms with E-state index < -0.39 is 11.6 Å². The molecular weight excluding hydrogens is 262 g/mol. The summed E-state index contributed by atoms with van der Waals surface area (Å²) in [6.45, 7) is 5.38. The van der Waals surface area contributed by atoms with Crippen molar-refractivity contribution >= 4 is 5.91 Å². The second-order valence-electron chi connectivity index (χ2n) is 5.32. The van der Waals surface area contributed by atoms with Crippen LogP contribution in [0.4, 0.5) is 8.78 Å². The largest absolute Gasteiger partial charge is 0.354 e. The van der Waals surface area contributed by atoms with Crippen molar-refractivity contribution < 1.29 is 13.6 Å². The monoisotopic (exact) mass is 282 g/mol. The molecule has 3 atom stereocenters. The highest BCUT2D eigenvalue weighted by atomic mass is 19.1. The summed E-state index contributed by atoms with van der Waals surface area (Å²) >= 11 is 0. The van der Waals surface area contributed by atoms with Gasteiger partial charge in [0.1, 0.15) is 11.6 Å². The minimum atomic E-state index is -0.465. The summed E-state index contributed by atoms with van der Waals surface area (Å²) in [5, 5.41) is 6.04. The normalized spacial score (nSPS) is 22.4. The standard InChI is InChI=1S/C15H20F2N2O/c1-3-18-9(2)8-19-15(20)13-7-11(13)12-6-10(16)4-5-14(12)17/h4-6,9,11,13,18H,3,7-8H2,1-2H3,(H,19,20)/t9-,11?,13?/m1/s1. The Balaban J connectivity index is 1.88. The van der Waals surface area contributed by atoms with Gasteiger partial charge in [0.15, 0.2) is 0 Å². The number of likely N-dealkylation sites (N-methyl/N-ethyl adjacent to an activating group) is 1. The van der Waals surface area contributed by atoms with Crippen molar-refractivity contribution in [1.82, 2.24) is 10.6 Å². The number of amides is 1. The van der Waals surface area contributed by atoms with Crippen molar-refractivity contribution in [1.29, 1.82) is 0 Å². The lowest BCUT2D eigenvalue weighted by Crippen LogP contribution is -2.39. The van der Waals surface area contributed by atoms with Crippen molar-refractivity contribution in [3.05, 3.63) is 35.4 Å². The lowest BCUT2D eigenvalue weighted by molar-refractivity contribution is -0.122. The average molecular weight is 282 g/mol. The summed E-state index contributed by atoms with van der Waals surface area (Å²) in [5.41, 5.74) is 0.310. The van der Waals surface area contributed by atoms with Gasteiger partial charge < -0.3 is 10.6 Å². The van der Waals surface area contributed by atoms with Crippen molar-refractivity contribution in [3.63, 3.8) is 0 Å². The number of hydrogen-bond donors (Lipinski definition) is 2. The van der Waals surface area contributed by atoms with Crippen LogP contribution in [0.1, 0.15) is 31.7 Å². The van der Waals surface area contributed by atoms with Gasteiger partial charge >= 0.3 is 0 Å². The van der Waals surface area contributed by atoms with Gasteiger partial charge in [0.25, 0.3) is 0 Å². The van der Waals surface area contributed by atoms with E-state index in [-0.39, 0.29) is 23.8 Å². The molecule has 0 aromatic heterocycles. The highest BCUT2D eigenvalue weighted by molar-refractivity contribution is 5.82. The number of nitrogens with one attached hydrogen (secondary N) is 2. The van der Waals surface area contributed by atoms with E-state index in [0.29, 0.717) is 18.5 Å². The van der Waals surface area contributed by atoms with Gasteiger partial charge in [-0.3, -0.25) is 4.79 Å². The summed E-state index contributed by atoms with van der Waals surface area (Å²) in [7, 11) is 0. The Kier molecular flexibility index (Phi) is 4.70. The Hall–Kier alpha value is -1.49. The van der Waals surface area contributed by atoms with E-state index >= 15 is 0 Å². The molecule has 1 saturated carbocycles. The molecule has 20 heavy (non-hydrogen) atoms. The van der Waals surface area contributed by atoms with Gasteiger partial charge in [-0.1, -0.05) is 6.92 Å². The van der Waals surface area contributed by atoms with Crippen LogP contribution in [0.2, 0.25) is 0 Å². The number of benzene rings is 1. The van der Waals surface area contributed by atoms with Crippen LogP contribution in [0.5, 0.6) is 0 Å². The van der Waals surface area contributed by atoms with E-state index in [1.54, 1.807) is 0 Å². The van der Waals surface area contributed by atoms with Gasteiger partial charge in [-0.2, -0.15) is 0 Å². The zero-order valence-electron chi connectivity index (χ0n) is 11.7. The third-order valence-electron chi connectivity index (χ3n) is 3.62. The third-order valence-corrected chi connectivity index (χ3v) is 3.62. The molecule has 0 aliphatic heterocycles. The first-order valence-corrected chi connectivity index (χ1v) is 6.99. The molecule has 0 bridgehead atoms. The maximum Gasteiger partial charge on any atom is 0.223 e. The first kappa shape index (κ1) is 14.9. The lowest BCUT2D eigenvalue weighted by Gasteiger charge is -2.13. The zero-order chi connectivity index (χ0) is 14.7. The minimum Gasteiger partial charge on any atom is -0.354 e. The molecule has 0 spiro atoms. The maximum atomic E-state index is 13.6. The first-order chi connectivity index (χ1) is 9.52. The quantitative estimate of drug-likeness (QED) is 0.839. The summed E-state index contributed by atoms with van der Waals surface area (Å²) in [6.07, 6.45) is 0.585. The molecule has 1 aliphatic carbocycles. The number of carbonyl (C=O) groups is 1. The highest BCUT2D eigenvalue weighted by Crippen LogP contribution is 2.48. The Bertz CT molecular complexity index is 493. The van der Waals surface area contributed by atoms with Crippen molar-refractivity contribution in [2.24, 2.45) is 5.92 Å². The first-order valence-electron chi connectivity index (χ1n) is 6.99. The summed E-state index contributed by atoms with van der Waals surface area (Å²) in [6, 6.07) is 3.60. The van der Waals surface area contributed by atoms with Crippen LogP contribution < -0.4 is 10.6 Å². The molecule has 5 heteroatoms. The van der Waals surface area contributed by atoms with E-state index in [4.69, 9.17) is 0 Å². The topological polar surface area (TPSA) is 41.1 Å². The van der Waals surface area contributed by atoms with E-state index in [1.165, 1.54) is 6.07 Å². The fourth-order valence-corrected chi connectivity index (χ4v) is 2.43. The summed E-state index contributed by atoms with van der Waals surface area (Å²) in [4.78, 5) is 11.9. The highest BCUT2D eigenvalue weighted by Gasteiger charge is 2.45. The number of rotatable bonds is 6. The molecule has 3 nitrogen and oxygen atoms in total. The van der Waals surface area contributed by atoms with Gasteiger partial charge in [0.2, 0.25) is 5.91 Å². The average Bonchev–Trinajstić information content (AvgIpc) is 3.19. The second kappa shape index (κ2) is 6.31. The van der Waals surface area contributed by atoms with Gasteiger partial charge in [-0.25, -0.2) is 8.78 Å². The van der Waals surface area contributed by atoms with Crippen LogP contribution in [0.15, 0.2) is 18.2 Å². The van der Waals surface area contributed by atoms with Crippen LogP contribution in [0, 0.1) is 17.6 Å². The lowest BCUT2D eigenvalue weighted by atomic mass is 10.1. The number of halogens is 2. The third kappa shape index (κ3) is 3.54. The molecule has 2 unspecified atom stereocenters. The van der Waals surface area contributed by atoms with Crippen LogP contribution >= 0.6 is 0 Å². The molecule has 1 fully saturated rings. The fourth-order valence-electron chi connectivity index (χ4n) is 2.43. The molecule has 1 amide bonds. The van der Waals surface area contributed by atoms with E-state index in [0.717, 1.165) is 18.7 Å². The Morgan fingerprint density at radius 3 is 2.90 bits per heavy atom. The molecule has 1 aliphatic rings. The Morgan fingerprint density at radius 2 is 2.20 bits per heavy atom. The molecule has 2 rings (SSSR count). The molecule has 0 saturated heterocycles. The predicted molar refractivity (Wildman–Crippen MR) is 73.4 cm³/mol. The Labute approximate surface area is 117 Å². The molecule has 2 N–H and O–H groups in total. The molecule has 0 radical (unpaired) electrons. The predicted octanol–water partition coefficient (Wildman–Crippen LogP) is 2.18. The van der Waals surface area contributed by atoms with E-state index in [2.05, 4.69) is 10.6 Å². The number of carbonyl (C=O) groups excluding carboxylic acids is 1. The number of hydrogen-bond acceptors (Lipinski definition) is 2. The van der Waals surface area contributed by atoms with Crippen LogP contribution in [-0.2, 0) is 4.79 Å². The van der Waals surface area contributed by atoms with Crippen LogP contribution in [-0.4, -0.2) is 25.0 Å². The molecule has 1 aromatic carbocycles.